The van der Waals surface area contributed by atoms with Crippen molar-refractivity contribution in [1.82, 2.24) is 0 Å². The number of nitrogens with one attached hydrogen (secondary N) is 1. The van der Waals surface area contributed by atoms with Gasteiger partial charge in [0.15, 0.2) is 0 Å². The first-order valence-electron chi connectivity index (χ1n) is 7.56. The van der Waals surface area contributed by atoms with Crippen molar-refractivity contribution in [2.24, 2.45) is 0 Å². The molecular weight excluding hydrogens is 338 g/mol. The summed E-state index contributed by atoms with van der Waals surface area (Å²) in [6.45, 7) is 0. The minimum atomic E-state index is -0.357. The summed E-state index contributed by atoms with van der Waals surface area (Å²) in [4.78, 5) is 13.9. The van der Waals surface area contributed by atoms with E-state index in [2.05, 4.69) is 5.32 Å². The van der Waals surface area contributed by atoms with E-state index >= 15 is 0 Å². The van der Waals surface area contributed by atoms with Crippen LogP contribution in [0.2, 0.25) is 5.02 Å². The van der Waals surface area contributed by atoms with Gasteiger partial charge in [-0.3, -0.25) is 4.79 Å². The molecular formula is C20H16ClNOS. The molecule has 3 rings (SSSR count). The van der Waals surface area contributed by atoms with Gasteiger partial charge in [0, 0.05) is 4.90 Å². The maximum atomic E-state index is 12.9. The molecule has 0 bridgehead atoms. The van der Waals surface area contributed by atoms with Crippen LogP contribution in [0.4, 0.5) is 5.69 Å². The lowest BCUT2D eigenvalue weighted by Crippen LogP contribution is -2.19. The molecule has 0 heterocycles. The predicted octanol–water partition coefficient (Wildman–Crippen LogP) is 5.81. The first-order valence-corrected chi connectivity index (χ1v) is 8.82. The molecule has 0 aromatic heterocycles. The fourth-order valence-electron chi connectivity index (χ4n) is 2.30. The number of carbonyl (C=O) groups excluding carboxylic acids is 1. The van der Waals surface area contributed by atoms with Gasteiger partial charge in [0.2, 0.25) is 5.91 Å². The molecule has 3 aromatic rings. The quantitative estimate of drug-likeness (QED) is 0.586. The molecule has 0 fully saturated rings. The van der Waals surface area contributed by atoms with E-state index in [9.17, 15) is 4.79 Å². The number of anilines is 1. The van der Waals surface area contributed by atoms with E-state index in [0.29, 0.717) is 10.7 Å². The molecule has 2 nitrogen and oxygen atoms in total. The van der Waals surface area contributed by atoms with E-state index < -0.39 is 0 Å². The number of thioether (sulfide) groups is 1. The lowest BCUT2D eigenvalue weighted by Gasteiger charge is -2.17. The van der Waals surface area contributed by atoms with E-state index in [1.807, 2.05) is 72.8 Å². The zero-order chi connectivity index (χ0) is 16.8. The van der Waals surface area contributed by atoms with Crippen LogP contribution in [-0.4, -0.2) is 5.91 Å². The van der Waals surface area contributed by atoms with Gasteiger partial charge >= 0.3 is 0 Å². The zero-order valence-electron chi connectivity index (χ0n) is 12.9. The number of carbonyl (C=O) groups is 1. The summed E-state index contributed by atoms with van der Waals surface area (Å²) in [6, 6.07) is 26.9. The van der Waals surface area contributed by atoms with Crippen molar-refractivity contribution in [2.45, 2.75) is 10.1 Å². The summed E-state index contributed by atoms with van der Waals surface area (Å²) in [5.74, 6) is -0.0943. The first kappa shape index (κ1) is 16.6. The van der Waals surface area contributed by atoms with Gasteiger partial charge in [-0.1, -0.05) is 72.3 Å². The standard InChI is InChI=1S/C20H16ClNOS/c21-17-13-7-8-14-18(17)22-20(23)19(15-9-3-1-4-10-15)24-16-11-5-2-6-12-16/h1-14,19H,(H,22,23)/t19-/m0/s1. The second kappa shape index (κ2) is 8.04. The van der Waals surface area contributed by atoms with Crippen LogP contribution >= 0.6 is 23.4 Å². The highest BCUT2D eigenvalue weighted by atomic mass is 35.5. The molecule has 1 amide bonds. The third-order valence-electron chi connectivity index (χ3n) is 3.47. The van der Waals surface area contributed by atoms with E-state index in [1.165, 1.54) is 11.8 Å². The molecule has 0 saturated carbocycles. The Morgan fingerprint density at radius 3 is 2.08 bits per heavy atom. The summed E-state index contributed by atoms with van der Waals surface area (Å²) < 4.78 is 0. The number of hydrogen-bond donors (Lipinski definition) is 1. The maximum Gasteiger partial charge on any atom is 0.242 e. The van der Waals surface area contributed by atoms with Crippen LogP contribution in [-0.2, 0) is 4.79 Å². The molecule has 0 spiro atoms. The van der Waals surface area contributed by atoms with Crippen LogP contribution in [0.5, 0.6) is 0 Å². The monoisotopic (exact) mass is 353 g/mol. The van der Waals surface area contributed by atoms with Crippen molar-refractivity contribution < 1.29 is 4.79 Å². The number of benzene rings is 3. The van der Waals surface area contributed by atoms with Crippen molar-refractivity contribution >= 4 is 35.0 Å². The zero-order valence-corrected chi connectivity index (χ0v) is 14.4. The topological polar surface area (TPSA) is 29.1 Å². The Balaban J connectivity index is 1.87. The molecule has 0 aliphatic rings. The molecule has 0 saturated heterocycles. The van der Waals surface area contributed by atoms with Crippen molar-refractivity contribution in [1.29, 1.82) is 0 Å². The summed E-state index contributed by atoms with van der Waals surface area (Å²) in [7, 11) is 0. The second-order valence-electron chi connectivity index (χ2n) is 5.19. The highest BCUT2D eigenvalue weighted by molar-refractivity contribution is 8.00. The van der Waals surface area contributed by atoms with E-state index in [1.54, 1.807) is 12.1 Å². The van der Waals surface area contributed by atoms with Gasteiger partial charge in [-0.25, -0.2) is 0 Å². The van der Waals surface area contributed by atoms with Crippen LogP contribution in [0.25, 0.3) is 0 Å². The Morgan fingerprint density at radius 2 is 1.42 bits per heavy atom. The Kier molecular flexibility index (Phi) is 5.57. The van der Waals surface area contributed by atoms with Crippen LogP contribution in [0, 0.1) is 0 Å². The number of rotatable bonds is 5. The Bertz CT molecular complexity index is 808. The number of para-hydroxylation sites is 1. The van der Waals surface area contributed by atoms with Gasteiger partial charge in [0.25, 0.3) is 0 Å². The smallest absolute Gasteiger partial charge is 0.242 e. The van der Waals surface area contributed by atoms with Gasteiger partial charge in [-0.15, -0.1) is 11.8 Å². The highest BCUT2D eigenvalue weighted by Gasteiger charge is 2.22. The van der Waals surface area contributed by atoms with Crippen LogP contribution in [0.3, 0.4) is 0 Å². The molecule has 4 heteroatoms. The van der Waals surface area contributed by atoms with Crippen molar-refractivity contribution in [3.05, 3.63) is 95.5 Å². The van der Waals surface area contributed by atoms with Gasteiger partial charge in [-0.2, -0.15) is 0 Å². The molecule has 3 aromatic carbocycles. The van der Waals surface area contributed by atoms with Gasteiger partial charge in [0.05, 0.1) is 10.7 Å². The fraction of sp³-hybridized carbons (Fsp3) is 0.0500. The third kappa shape index (κ3) is 4.19. The average Bonchev–Trinajstić information content (AvgIpc) is 2.63. The molecule has 0 aliphatic heterocycles. The molecule has 24 heavy (non-hydrogen) atoms. The number of amides is 1. The van der Waals surface area contributed by atoms with Crippen molar-refractivity contribution in [3.8, 4) is 0 Å². The van der Waals surface area contributed by atoms with E-state index in [0.717, 1.165) is 10.5 Å². The summed E-state index contributed by atoms with van der Waals surface area (Å²) in [5, 5.41) is 3.11. The second-order valence-corrected chi connectivity index (χ2v) is 6.78. The van der Waals surface area contributed by atoms with Crippen LogP contribution < -0.4 is 5.32 Å². The highest BCUT2D eigenvalue weighted by Crippen LogP contribution is 2.36. The molecule has 0 aliphatic carbocycles. The van der Waals surface area contributed by atoms with Crippen molar-refractivity contribution in [3.63, 3.8) is 0 Å². The Morgan fingerprint density at radius 1 is 0.833 bits per heavy atom. The fourth-order valence-corrected chi connectivity index (χ4v) is 3.53. The molecule has 1 atom stereocenters. The third-order valence-corrected chi connectivity index (χ3v) is 5.07. The molecule has 0 unspecified atom stereocenters. The number of hydrogen-bond acceptors (Lipinski definition) is 2. The van der Waals surface area contributed by atoms with Crippen LogP contribution in [0.15, 0.2) is 89.8 Å². The van der Waals surface area contributed by atoms with E-state index in [4.69, 9.17) is 11.6 Å². The van der Waals surface area contributed by atoms with Gasteiger partial charge in [0.1, 0.15) is 5.25 Å². The minimum Gasteiger partial charge on any atom is -0.323 e. The summed E-state index contributed by atoms with van der Waals surface area (Å²) in [6.07, 6.45) is 0. The minimum absolute atomic E-state index is 0.0943. The molecule has 120 valence electrons. The first-order chi connectivity index (χ1) is 11.7. The summed E-state index contributed by atoms with van der Waals surface area (Å²) >= 11 is 7.68. The van der Waals surface area contributed by atoms with Crippen molar-refractivity contribution in [2.75, 3.05) is 5.32 Å². The van der Waals surface area contributed by atoms with Gasteiger partial charge < -0.3 is 5.32 Å². The Labute approximate surface area is 150 Å². The van der Waals surface area contributed by atoms with Crippen LogP contribution in [0.1, 0.15) is 10.8 Å². The van der Waals surface area contributed by atoms with E-state index in [-0.39, 0.29) is 11.2 Å². The Hall–Kier alpha value is -2.23. The maximum absolute atomic E-state index is 12.9. The lowest BCUT2D eigenvalue weighted by molar-refractivity contribution is -0.115. The number of halogens is 1. The molecule has 1 N–H and O–H groups in total. The predicted molar refractivity (Wildman–Crippen MR) is 102 cm³/mol. The SMILES string of the molecule is O=C(Nc1ccccc1Cl)[C@@H](Sc1ccccc1)c1ccccc1. The summed E-state index contributed by atoms with van der Waals surface area (Å²) in [5.41, 5.74) is 1.58. The normalized spacial score (nSPS) is 11.7. The lowest BCUT2D eigenvalue weighted by atomic mass is 10.1. The van der Waals surface area contributed by atoms with Gasteiger partial charge in [-0.05, 0) is 29.8 Å². The molecule has 0 radical (unpaired) electrons. The largest absolute Gasteiger partial charge is 0.323 e. The average molecular weight is 354 g/mol.